The van der Waals surface area contributed by atoms with E-state index in [0.29, 0.717) is 22.2 Å². The lowest BCUT2D eigenvalue weighted by Gasteiger charge is -2.38. The highest BCUT2D eigenvalue weighted by molar-refractivity contribution is 7.10. The maximum Gasteiger partial charge on any atom is 0.573 e. The van der Waals surface area contributed by atoms with Crippen molar-refractivity contribution < 1.29 is 22.7 Å². The van der Waals surface area contributed by atoms with E-state index in [9.17, 15) is 18.0 Å². The number of benzene rings is 2. The predicted octanol–water partition coefficient (Wildman–Crippen LogP) is 6.65. The molecule has 1 aliphatic rings. The summed E-state index contributed by atoms with van der Waals surface area (Å²) in [6.07, 6.45) is -4.00. The normalized spacial score (nSPS) is 18.8. The van der Waals surface area contributed by atoms with Crippen LogP contribution in [0.3, 0.4) is 0 Å². The van der Waals surface area contributed by atoms with E-state index in [4.69, 9.17) is 23.2 Å². The summed E-state index contributed by atoms with van der Waals surface area (Å²) in [5.74, 6) is -0.386. The maximum atomic E-state index is 12.4. The van der Waals surface area contributed by atoms with Gasteiger partial charge in [0.05, 0.1) is 16.1 Å². The van der Waals surface area contributed by atoms with Gasteiger partial charge in [-0.25, -0.2) is 0 Å². The third-order valence-electron chi connectivity index (χ3n) is 4.97. The largest absolute Gasteiger partial charge is 0.573 e. The average molecular weight is 472 g/mol. The van der Waals surface area contributed by atoms with Crippen LogP contribution in [0.15, 0.2) is 53.9 Å². The molecule has 1 amide bonds. The van der Waals surface area contributed by atoms with E-state index in [1.165, 1.54) is 12.1 Å². The standard InChI is InChI=1S/C21H14Cl2F3NO2S/c22-17-6-3-13(9-18(17)23)16-10-27(11-28)19(15-7-8-30-20(15)16)12-1-4-14(5-2-12)29-21(24,25)26/h1-9,11,16,19H,10H2. The van der Waals surface area contributed by atoms with Crippen LogP contribution in [0.2, 0.25) is 10.0 Å². The monoisotopic (exact) mass is 471 g/mol. The van der Waals surface area contributed by atoms with Crippen LogP contribution in [0, 0.1) is 0 Å². The summed E-state index contributed by atoms with van der Waals surface area (Å²) in [5, 5.41) is 2.83. The van der Waals surface area contributed by atoms with Gasteiger partial charge in [0, 0.05) is 17.3 Å². The fraction of sp³-hybridized carbons (Fsp3) is 0.190. The van der Waals surface area contributed by atoms with Gasteiger partial charge in [0.1, 0.15) is 5.75 Å². The summed E-state index contributed by atoms with van der Waals surface area (Å²) in [6, 6.07) is 12.5. The van der Waals surface area contributed by atoms with Gasteiger partial charge in [-0.05, 0) is 52.4 Å². The fourth-order valence-corrected chi connectivity index (χ4v) is 5.09. The molecule has 1 aromatic heterocycles. The minimum absolute atomic E-state index is 0.0796. The van der Waals surface area contributed by atoms with Crippen LogP contribution in [-0.2, 0) is 4.79 Å². The molecular formula is C21H14Cl2F3NO2S. The molecule has 2 heterocycles. The molecular weight excluding hydrogens is 458 g/mol. The number of halogens is 5. The number of ether oxygens (including phenoxy) is 1. The van der Waals surface area contributed by atoms with E-state index in [2.05, 4.69) is 4.74 Å². The predicted molar refractivity (Wildman–Crippen MR) is 110 cm³/mol. The topological polar surface area (TPSA) is 29.5 Å². The van der Waals surface area contributed by atoms with Gasteiger partial charge >= 0.3 is 6.36 Å². The summed E-state index contributed by atoms with van der Waals surface area (Å²) in [6.45, 7) is 0.403. The first-order valence-electron chi connectivity index (χ1n) is 8.86. The third-order valence-corrected chi connectivity index (χ3v) is 6.76. The zero-order chi connectivity index (χ0) is 21.5. The molecule has 2 aromatic carbocycles. The Bertz CT molecular complexity index is 1070. The van der Waals surface area contributed by atoms with Gasteiger partial charge in [-0.1, -0.05) is 41.4 Å². The van der Waals surface area contributed by atoms with Crippen LogP contribution in [0.4, 0.5) is 13.2 Å². The molecule has 0 N–H and O–H groups in total. The number of hydrogen-bond donors (Lipinski definition) is 0. The van der Waals surface area contributed by atoms with Crippen LogP contribution in [0.25, 0.3) is 0 Å². The number of fused-ring (bicyclic) bond motifs is 1. The van der Waals surface area contributed by atoms with E-state index < -0.39 is 12.4 Å². The number of rotatable bonds is 4. The van der Waals surface area contributed by atoms with Crippen LogP contribution in [-0.4, -0.2) is 24.2 Å². The van der Waals surface area contributed by atoms with E-state index in [1.807, 2.05) is 17.5 Å². The molecule has 0 bridgehead atoms. The Morgan fingerprint density at radius 2 is 1.73 bits per heavy atom. The smallest absolute Gasteiger partial charge is 0.406 e. The van der Waals surface area contributed by atoms with Crippen LogP contribution >= 0.6 is 34.5 Å². The fourth-order valence-electron chi connectivity index (χ4n) is 3.73. The average Bonchev–Trinajstić information content (AvgIpc) is 3.18. The highest BCUT2D eigenvalue weighted by Crippen LogP contribution is 2.45. The Balaban J connectivity index is 1.71. The van der Waals surface area contributed by atoms with Crippen molar-refractivity contribution in [3.63, 3.8) is 0 Å². The first-order valence-corrected chi connectivity index (χ1v) is 10.5. The molecule has 0 saturated heterocycles. The van der Waals surface area contributed by atoms with Crippen LogP contribution in [0.1, 0.15) is 33.5 Å². The van der Waals surface area contributed by atoms with Gasteiger partial charge in [0.15, 0.2) is 0 Å². The van der Waals surface area contributed by atoms with Crippen molar-refractivity contribution in [3.8, 4) is 5.75 Å². The van der Waals surface area contributed by atoms with Crippen LogP contribution in [0.5, 0.6) is 5.75 Å². The summed E-state index contributed by atoms with van der Waals surface area (Å²) in [5.41, 5.74) is 2.56. The lowest BCUT2D eigenvalue weighted by Crippen LogP contribution is -2.37. The highest BCUT2D eigenvalue weighted by Gasteiger charge is 2.36. The van der Waals surface area contributed by atoms with Crippen LogP contribution < -0.4 is 4.74 Å². The third kappa shape index (κ3) is 4.15. The SMILES string of the molecule is O=CN1CC(c2ccc(Cl)c(Cl)c2)c2sccc2C1c1ccc(OC(F)(F)F)cc1. The minimum atomic E-state index is -4.76. The first-order chi connectivity index (χ1) is 14.3. The van der Waals surface area contributed by atoms with Gasteiger partial charge < -0.3 is 9.64 Å². The lowest BCUT2D eigenvalue weighted by molar-refractivity contribution is -0.274. The Morgan fingerprint density at radius 3 is 2.37 bits per heavy atom. The number of nitrogens with zero attached hydrogens (tertiary/aromatic N) is 1. The maximum absolute atomic E-state index is 12.4. The first kappa shape index (κ1) is 21.0. The van der Waals surface area contributed by atoms with E-state index in [-0.39, 0.29) is 11.7 Å². The Hall–Kier alpha value is -2.22. The molecule has 3 nitrogen and oxygen atoms in total. The molecule has 0 aliphatic carbocycles. The molecule has 2 atom stereocenters. The zero-order valence-corrected chi connectivity index (χ0v) is 17.5. The Kier molecular flexibility index (Phi) is 5.70. The van der Waals surface area contributed by atoms with Crippen molar-refractivity contribution in [1.82, 2.24) is 4.90 Å². The molecule has 0 radical (unpaired) electrons. The van der Waals surface area contributed by atoms with Gasteiger partial charge in [0.2, 0.25) is 6.41 Å². The van der Waals surface area contributed by atoms with Crippen molar-refractivity contribution in [3.05, 3.63) is 85.5 Å². The van der Waals surface area contributed by atoms with Gasteiger partial charge in [0.25, 0.3) is 0 Å². The highest BCUT2D eigenvalue weighted by atomic mass is 35.5. The molecule has 0 spiro atoms. The van der Waals surface area contributed by atoms with E-state index in [0.717, 1.165) is 22.4 Å². The summed E-state index contributed by atoms with van der Waals surface area (Å²) < 4.78 is 41.2. The molecule has 9 heteroatoms. The van der Waals surface area contributed by atoms with E-state index in [1.54, 1.807) is 40.5 Å². The second kappa shape index (κ2) is 8.13. The molecule has 4 rings (SSSR count). The molecule has 156 valence electrons. The zero-order valence-electron chi connectivity index (χ0n) is 15.2. The van der Waals surface area contributed by atoms with Crippen molar-refractivity contribution in [2.75, 3.05) is 6.54 Å². The van der Waals surface area contributed by atoms with Crippen molar-refractivity contribution in [2.24, 2.45) is 0 Å². The number of thiophene rings is 1. The summed E-state index contributed by atoms with van der Waals surface area (Å²) in [4.78, 5) is 14.7. The summed E-state index contributed by atoms with van der Waals surface area (Å²) >= 11 is 13.8. The van der Waals surface area contributed by atoms with Gasteiger partial charge in [-0.3, -0.25) is 4.79 Å². The van der Waals surface area contributed by atoms with E-state index >= 15 is 0 Å². The molecule has 0 saturated carbocycles. The van der Waals surface area contributed by atoms with Crippen molar-refractivity contribution in [1.29, 1.82) is 0 Å². The van der Waals surface area contributed by atoms with Gasteiger partial charge in [-0.15, -0.1) is 24.5 Å². The minimum Gasteiger partial charge on any atom is -0.406 e. The number of hydrogen-bond acceptors (Lipinski definition) is 3. The lowest BCUT2D eigenvalue weighted by atomic mass is 9.85. The quantitative estimate of drug-likeness (QED) is 0.398. The molecule has 3 aromatic rings. The van der Waals surface area contributed by atoms with Crippen molar-refractivity contribution in [2.45, 2.75) is 18.3 Å². The second-order valence-electron chi connectivity index (χ2n) is 6.79. The number of carbonyl (C=O) groups is 1. The Morgan fingerprint density at radius 1 is 1.03 bits per heavy atom. The number of carbonyl (C=O) groups excluding carboxylic acids is 1. The van der Waals surface area contributed by atoms with Gasteiger partial charge in [-0.2, -0.15) is 0 Å². The van der Waals surface area contributed by atoms with Crippen molar-refractivity contribution >= 4 is 40.9 Å². The number of amides is 1. The molecule has 0 fully saturated rings. The Labute approximate surface area is 184 Å². The molecule has 1 aliphatic heterocycles. The second-order valence-corrected chi connectivity index (χ2v) is 8.55. The molecule has 30 heavy (non-hydrogen) atoms. The summed E-state index contributed by atoms with van der Waals surface area (Å²) in [7, 11) is 0. The molecule has 2 unspecified atom stereocenters. The number of alkyl halides is 3.